The first-order valence-electron chi connectivity index (χ1n) is 9.10. The summed E-state index contributed by atoms with van der Waals surface area (Å²) in [6.07, 6.45) is 0. The molecule has 0 saturated carbocycles. The van der Waals surface area contributed by atoms with Crippen LogP contribution in [0.1, 0.15) is 18.6 Å². The average molecular weight is 425 g/mol. The van der Waals surface area contributed by atoms with Gasteiger partial charge in [0.2, 0.25) is 0 Å². The first-order valence-corrected chi connectivity index (χ1v) is 9.85. The molecule has 0 atom stereocenters. The van der Waals surface area contributed by atoms with Gasteiger partial charge >= 0.3 is 0 Å². The van der Waals surface area contributed by atoms with E-state index in [9.17, 15) is 0 Å². The number of halogens is 2. The predicted molar refractivity (Wildman–Crippen MR) is 117 cm³/mol. The second-order valence-electron chi connectivity index (χ2n) is 6.40. The van der Waals surface area contributed by atoms with Crippen molar-refractivity contribution in [2.24, 2.45) is 0 Å². The van der Waals surface area contributed by atoms with E-state index in [1.54, 1.807) is 4.52 Å². The maximum absolute atomic E-state index is 6.51. The van der Waals surface area contributed by atoms with Crippen molar-refractivity contribution in [2.75, 3.05) is 6.61 Å². The summed E-state index contributed by atoms with van der Waals surface area (Å²) in [4.78, 5) is 9.18. The van der Waals surface area contributed by atoms with Gasteiger partial charge in [-0.25, -0.2) is 9.97 Å². The highest BCUT2D eigenvalue weighted by Crippen LogP contribution is 2.38. The van der Waals surface area contributed by atoms with Gasteiger partial charge in [0.25, 0.3) is 0 Å². The van der Waals surface area contributed by atoms with E-state index in [4.69, 9.17) is 33.0 Å². The van der Waals surface area contributed by atoms with Gasteiger partial charge in [0, 0.05) is 10.6 Å². The third-order valence-corrected chi connectivity index (χ3v) is 5.01. The van der Waals surface area contributed by atoms with Crippen LogP contribution in [0.3, 0.4) is 0 Å². The lowest BCUT2D eigenvalue weighted by molar-refractivity contribution is 0.295. The molecule has 4 rings (SSSR count). The lowest BCUT2D eigenvalue weighted by atomic mass is 10.0. The summed E-state index contributed by atoms with van der Waals surface area (Å²) in [5, 5.41) is 6.07. The molecule has 146 valence electrons. The van der Waals surface area contributed by atoms with Crippen molar-refractivity contribution in [2.45, 2.75) is 13.8 Å². The van der Waals surface area contributed by atoms with Crippen LogP contribution in [-0.2, 0) is 4.74 Å². The second kappa shape index (κ2) is 7.85. The van der Waals surface area contributed by atoms with Crippen molar-refractivity contribution < 1.29 is 4.74 Å². The Kier molecular flexibility index (Phi) is 5.26. The van der Waals surface area contributed by atoms with Gasteiger partial charge in [-0.05, 0) is 37.6 Å². The first-order chi connectivity index (χ1) is 14.0. The van der Waals surface area contributed by atoms with Crippen molar-refractivity contribution in [1.29, 1.82) is 0 Å². The number of hydrogen-bond acceptors (Lipinski definition) is 4. The van der Waals surface area contributed by atoms with Crippen LogP contribution in [0.5, 0.6) is 0 Å². The molecule has 7 heteroatoms. The number of nitrogens with zero attached hydrogens (tertiary/aromatic N) is 4. The lowest BCUT2D eigenvalue weighted by Gasteiger charge is -2.09. The zero-order valence-corrected chi connectivity index (χ0v) is 17.5. The van der Waals surface area contributed by atoms with Gasteiger partial charge in [-0.2, -0.15) is 9.61 Å². The zero-order valence-electron chi connectivity index (χ0n) is 16.0. The fourth-order valence-corrected chi connectivity index (χ4v) is 3.53. The van der Waals surface area contributed by atoms with Crippen LogP contribution < -0.4 is 0 Å². The van der Waals surface area contributed by atoms with Crippen molar-refractivity contribution in [3.05, 3.63) is 76.8 Å². The molecule has 0 radical (unpaired) electrons. The molecular weight excluding hydrogens is 407 g/mol. The van der Waals surface area contributed by atoms with Gasteiger partial charge < -0.3 is 4.74 Å². The SMILES string of the molecule is C=C(OCC)c1nc(C)nc2c(-c3ccc(Cl)cc3)c(-c3ccccc3Cl)nn12. The predicted octanol–water partition coefficient (Wildman–Crippen LogP) is 6.08. The minimum absolute atomic E-state index is 0.430. The molecular formula is C22H18Cl2N4O. The molecule has 0 aliphatic rings. The highest BCUT2D eigenvalue weighted by atomic mass is 35.5. The number of rotatable bonds is 5. The molecule has 2 aromatic heterocycles. The van der Waals surface area contributed by atoms with Crippen LogP contribution in [0.25, 0.3) is 33.8 Å². The van der Waals surface area contributed by atoms with Crippen molar-refractivity contribution in [3.8, 4) is 22.4 Å². The number of benzene rings is 2. The van der Waals surface area contributed by atoms with Crippen LogP contribution in [0.15, 0.2) is 55.1 Å². The van der Waals surface area contributed by atoms with Gasteiger partial charge in [-0.15, -0.1) is 0 Å². The van der Waals surface area contributed by atoms with E-state index in [2.05, 4.69) is 16.5 Å². The van der Waals surface area contributed by atoms with E-state index in [0.717, 1.165) is 16.7 Å². The molecule has 0 N–H and O–H groups in total. The fourth-order valence-electron chi connectivity index (χ4n) is 3.18. The molecule has 2 aromatic carbocycles. The summed E-state index contributed by atoms with van der Waals surface area (Å²) in [5.74, 6) is 1.52. The Morgan fingerprint density at radius 3 is 2.48 bits per heavy atom. The minimum atomic E-state index is 0.430. The van der Waals surface area contributed by atoms with Crippen LogP contribution in [0, 0.1) is 6.92 Å². The maximum Gasteiger partial charge on any atom is 0.199 e. The molecule has 4 aromatic rings. The molecule has 0 aliphatic carbocycles. The zero-order chi connectivity index (χ0) is 20.5. The Bertz CT molecular complexity index is 1220. The summed E-state index contributed by atoms with van der Waals surface area (Å²) in [5.41, 5.74) is 3.90. The average Bonchev–Trinajstić information content (AvgIpc) is 3.07. The number of ether oxygens (including phenoxy) is 1. The van der Waals surface area contributed by atoms with E-state index in [1.165, 1.54) is 0 Å². The smallest absolute Gasteiger partial charge is 0.199 e. The topological polar surface area (TPSA) is 52.3 Å². The Labute approximate surface area is 178 Å². The molecule has 0 fully saturated rings. The van der Waals surface area contributed by atoms with Gasteiger partial charge in [0.05, 0.1) is 17.2 Å². The molecule has 0 amide bonds. The third kappa shape index (κ3) is 3.59. The normalized spacial score (nSPS) is 11.0. The summed E-state index contributed by atoms with van der Waals surface area (Å²) < 4.78 is 7.26. The lowest BCUT2D eigenvalue weighted by Crippen LogP contribution is -2.07. The summed E-state index contributed by atoms with van der Waals surface area (Å²) in [6, 6.07) is 15.1. The van der Waals surface area contributed by atoms with Gasteiger partial charge in [0.15, 0.2) is 17.2 Å². The molecule has 2 heterocycles. The van der Waals surface area contributed by atoms with Gasteiger partial charge in [-0.3, -0.25) is 0 Å². The van der Waals surface area contributed by atoms with Gasteiger partial charge in [-0.1, -0.05) is 60.1 Å². The van der Waals surface area contributed by atoms with E-state index >= 15 is 0 Å². The first kappa shape index (κ1) is 19.4. The Morgan fingerprint density at radius 2 is 1.79 bits per heavy atom. The number of fused-ring (bicyclic) bond motifs is 1. The van der Waals surface area contributed by atoms with Gasteiger partial charge in [0.1, 0.15) is 11.5 Å². The van der Waals surface area contributed by atoms with E-state index in [-0.39, 0.29) is 0 Å². The van der Waals surface area contributed by atoms with Crippen molar-refractivity contribution in [3.63, 3.8) is 0 Å². The number of aryl methyl sites for hydroxylation is 1. The van der Waals surface area contributed by atoms with E-state index < -0.39 is 0 Å². The summed E-state index contributed by atoms with van der Waals surface area (Å²) in [7, 11) is 0. The molecule has 29 heavy (non-hydrogen) atoms. The van der Waals surface area contributed by atoms with Crippen molar-refractivity contribution in [1.82, 2.24) is 19.6 Å². The summed E-state index contributed by atoms with van der Waals surface area (Å²) >= 11 is 12.6. The van der Waals surface area contributed by atoms with Crippen LogP contribution >= 0.6 is 23.2 Å². The quantitative estimate of drug-likeness (QED) is 0.364. The molecule has 0 saturated heterocycles. The maximum atomic E-state index is 6.51. The number of aromatic nitrogens is 4. The third-order valence-electron chi connectivity index (χ3n) is 4.43. The molecule has 5 nitrogen and oxygen atoms in total. The van der Waals surface area contributed by atoms with Crippen LogP contribution in [0.2, 0.25) is 10.0 Å². The van der Waals surface area contributed by atoms with Crippen molar-refractivity contribution >= 4 is 34.6 Å². The molecule has 0 aliphatic heterocycles. The fraction of sp³-hybridized carbons (Fsp3) is 0.136. The second-order valence-corrected chi connectivity index (χ2v) is 7.24. The van der Waals surface area contributed by atoms with Crippen LogP contribution in [-0.4, -0.2) is 26.2 Å². The van der Waals surface area contributed by atoms with E-state index in [0.29, 0.717) is 45.4 Å². The minimum Gasteiger partial charge on any atom is -0.491 e. The molecule has 0 spiro atoms. The standard InChI is InChI=1S/C22H18Cl2N4O/c1-4-29-13(2)21-25-14(3)26-22-19(15-9-11-16(23)12-10-15)20(27-28(21)22)17-7-5-6-8-18(17)24/h5-12H,2,4H2,1,3H3. The Hall–Kier alpha value is -2.89. The van der Waals surface area contributed by atoms with E-state index in [1.807, 2.05) is 62.4 Å². The Balaban J connectivity index is 2.09. The largest absolute Gasteiger partial charge is 0.491 e. The highest BCUT2D eigenvalue weighted by molar-refractivity contribution is 6.33. The number of hydrogen-bond donors (Lipinski definition) is 0. The monoisotopic (exact) mass is 424 g/mol. The molecule has 0 bridgehead atoms. The Morgan fingerprint density at radius 1 is 1.07 bits per heavy atom. The van der Waals surface area contributed by atoms with Crippen LogP contribution in [0.4, 0.5) is 0 Å². The highest BCUT2D eigenvalue weighted by Gasteiger charge is 2.23. The molecule has 0 unspecified atom stereocenters. The summed E-state index contributed by atoms with van der Waals surface area (Å²) in [6.45, 7) is 8.21.